The van der Waals surface area contributed by atoms with Crippen LogP contribution in [0.3, 0.4) is 0 Å². The zero-order valence-electron chi connectivity index (χ0n) is 10.7. The van der Waals surface area contributed by atoms with Crippen molar-refractivity contribution < 1.29 is 9.90 Å². The van der Waals surface area contributed by atoms with Gasteiger partial charge in [0.25, 0.3) is 0 Å². The van der Waals surface area contributed by atoms with Crippen molar-refractivity contribution in [1.29, 1.82) is 0 Å². The van der Waals surface area contributed by atoms with Gasteiger partial charge < -0.3 is 15.7 Å². The van der Waals surface area contributed by atoms with Gasteiger partial charge in [0, 0.05) is 5.70 Å². The summed E-state index contributed by atoms with van der Waals surface area (Å²) in [5, 5.41) is 15.2. The van der Waals surface area contributed by atoms with Crippen molar-refractivity contribution in [3.05, 3.63) is 71.8 Å². The maximum absolute atomic E-state index is 11.8. The maximum Gasteiger partial charge on any atom is 0.319 e. The molecule has 1 heterocycles. The lowest BCUT2D eigenvalue weighted by molar-refractivity contribution is 0.241. The van der Waals surface area contributed by atoms with E-state index in [0.717, 1.165) is 16.8 Å². The molecule has 0 fully saturated rings. The highest BCUT2D eigenvalue weighted by Crippen LogP contribution is 2.25. The summed E-state index contributed by atoms with van der Waals surface area (Å²) in [6, 6.07) is 16.0. The van der Waals surface area contributed by atoms with Crippen LogP contribution in [0.2, 0.25) is 0 Å². The van der Waals surface area contributed by atoms with E-state index in [2.05, 4.69) is 10.6 Å². The molecule has 1 unspecified atom stereocenters. The number of carbonyl (C=O) groups is 1. The van der Waals surface area contributed by atoms with E-state index in [-0.39, 0.29) is 17.8 Å². The molecule has 3 rings (SSSR count). The summed E-state index contributed by atoms with van der Waals surface area (Å²) in [7, 11) is 0. The van der Waals surface area contributed by atoms with Crippen LogP contribution >= 0.6 is 0 Å². The number of amides is 2. The van der Waals surface area contributed by atoms with Crippen LogP contribution in [0.5, 0.6) is 5.75 Å². The molecule has 1 aliphatic rings. The highest BCUT2D eigenvalue weighted by atomic mass is 16.3. The summed E-state index contributed by atoms with van der Waals surface area (Å²) >= 11 is 0. The average molecular weight is 266 g/mol. The maximum atomic E-state index is 11.8. The first-order valence-corrected chi connectivity index (χ1v) is 6.36. The minimum absolute atomic E-state index is 0.185. The number of carbonyl (C=O) groups excluding carboxylic acids is 1. The van der Waals surface area contributed by atoms with Gasteiger partial charge in [0.05, 0.1) is 6.04 Å². The first-order valence-electron chi connectivity index (χ1n) is 6.36. The number of nitrogens with one attached hydrogen (secondary N) is 2. The SMILES string of the molecule is O=C1NC(c2ccccc2)=CC(c2cccc(O)c2)N1. The molecular weight excluding hydrogens is 252 g/mol. The summed E-state index contributed by atoms with van der Waals surface area (Å²) in [4.78, 5) is 11.8. The van der Waals surface area contributed by atoms with Gasteiger partial charge in [-0.3, -0.25) is 0 Å². The van der Waals surface area contributed by atoms with E-state index >= 15 is 0 Å². The number of phenols is 1. The van der Waals surface area contributed by atoms with E-state index in [1.54, 1.807) is 18.2 Å². The van der Waals surface area contributed by atoms with E-state index in [4.69, 9.17) is 0 Å². The Labute approximate surface area is 116 Å². The van der Waals surface area contributed by atoms with E-state index in [0.29, 0.717) is 0 Å². The minimum Gasteiger partial charge on any atom is -0.508 e. The zero-order valence-corrected chi connectivity index (χ0v) is 10.7. The van der Waals surface area contributed by atoms with Gasteiger partial charge in [-0.05, 0) is 29.3 Å². The molecule has 0 saturated carbocycles. The summed E-state index contributed by atoms with van der Waals surface area (Å²) < 4.78 is 0. The third-order valence-electron chi connectivity index (χ3n) is 3.18. The Morgan fingerprint density at radius 1 is 1.00 bits per heavy atom. The van der Waals surface area contributed by atoms with Crippen molar-refractivity contribution in [3.8, 4) is 5.75 Å². The molecule has 4 nitrogen and oxygen atoms in total. The van der Waals surface area contributed by atoms with Gasteiger partial charge in [-0.1, -0.05) is 42.5 Å². The molecule has 0 saturated heterocycles. The number of hydrogen-bond acceptors (Lipinski definition) is 2. The fourth-order valence-electron chi connectivity index (χ4n) is 2.23. The Bertz CT molecular complexity index is 665. The summed E-state index contributed by atoms with van der Waals surface area (Å²) in [6.07, 6.45) is 1.94. The van der Waals surface area contributed by atoms with E-state index in [1.807, 2.05) is 42.5 Å². The first-order chi connectivity index (χ1) is 9.72. The molecule has 4 heteroatoms. The van der Waals surface area contributed by atoms with Gasteiger partial charge >= 0.3 is 6.03 Å². The van der Waals surface area contributed by atoms with Gasteiger partial charge in [-0.15, -0.1) is 0 Å². The predicted molar refractivity (Wildman–Crippen MR) is 76.9 cm³/mol. The van der Waals surface area contributed by atoms with Gasteiger partial charge in [0.15, 0.2) is 0 Å². The van der Waals surface area contributed by atoms with Crippen LogP contribution in [0.4, 0.5) is 4.79 Å². The van der Waals surface area contributed by atoms with E-state index in [1.165, 1.54) is 0 Å². The number of rotatable bonds is 2. The van der Waals surface area contributed by atoms with Gasteiger partial charge in [0.2, 0.25) is 0 Å². The number of phenolic OH excluding ortho intramolecular Hbond substituents is 1. The smallest absolute Gasteiger partial charge is 0.319 e. The van der Waals surface area contributed by atoms with Crippen LogP contribution < -0.4 is 10.6 Å². The molecule has 2 aromatic rings. The van der Waals surface area contributed by atoms with Crippen molar-refractivity contribution in [3.63, 3.8) is 0 Å². The van der Waals surface area contributed by atoms with E-state index < -0.39 is 0 Å². The number of aromatic hydroxyl groups is 1. The van der Waals surface area contributed by atoms with Gasteiger partial charge in [-0.2, -0.15) is 0 Å². The molecule has 0 aliphatic carbocycles. The minimum atomic E-state index is -0.258. The van der Waals surface area contributed by atoms with Crippen molar-refractivity contribution in [2.45, 2.75) is 6.04 Å². The topological polar surface area (TPSA) is 61.4 Å². The van der Waals surface area contributed by atoms with Crippen LogP contribution in [0.25, 0.3) is 5.70 Å². The predicted octanol–water partition coefficient (Wildman–Crippen LogP) is 2.79. The highest BCUT2D eigenvalue weighted by molar-refractivity contribution is 5.88. The molecule has 1 atom stereocenters. The first kappa shape index (κ1) is 12.3. The fourth-order valence-corrected chi connectivity index (χ4v) is 2.23. The highest BCUT2D eigenvalue weighted by Gasteiger charge is 2.20. The Morgan fingerprint density at radius 3 is 2.55 bits per heavy atom. The van der Waals surface area contributed by atoms with Crippen LogP contribution in [0.1, 0.15) is 17.2 Å². The molecule has 0 spiro atoms. The standard InChI is InChI=1S/C16H14N2O2/c19-13-8-4-7-12(9-13)15-10-14(17-16(20)18-15)11-5-2-1-3-6-11/h1-10,15,19H,(H2,17,18,20). The summed E-state index contributed by atoms with van der Waals surface area (Å²) in [5.74, 6) is 0.185. The molecule has 2 aromatic carbocycles. The Morgan fingerprint density at radius 2 is 1.80 bits per heavy atom. The van der Waals surface area contributed by atoms with Crippen LogP contribution in [0, 0.1) is 0 Å². The number of urea groups is 1. The molecule has 20 heavy (non-hydrogen) atoms. The molecule has 0 bridgehead atoms. The molecule has 100 valence electrons. The second-order valence-electron chi connectivity index (χ2n) is 4.62. The fraction of sp³-hybridized carbons (Fsp3) is 0.0625. The summed E-state index contributed by atoms with van der Waals surface area (Å²) in [5.41, 5.74) is 2.56. The Kier molecular flexibility index (Phi) is 3.13. The largest absolute Gasteiger partial charge is 0.508 e. The van der Waals surface area contributed by atoms with Crippen molar-refractivity contribution in [1.82, 2.24) is 10.6 Å². The Hall–Kier alpha value is -2.75. The van der Waals surface area contributed by atoms with E-state index in [9.17, 15) is 9.90 Å². The molecule has 0 aromatic heterocycles. The van der Waals surface area contributed by atoms with Crippen molar-refractivity contribution in [2.75, 3.05) is 0 Å². The number of hydrogen-bond donors (Lipinski definition) is 3. The quantitative estimate of drug-likeness (QED) is 0.782. The molecule has 1 aliphatic heterocycles. The Balaban J connectivity index is 1.98. The molecule has 2 amide bonds. The lowest BCUT2D eigenvalue weighted by Gasteiger charge is -2.24. The van der Waals surface area contributed by atoms with Gasteiger partial charge in [-0.25, -0.2) is 4.79 Å². The average Bonchev–Trinajstić information content (AvgIpc) is 2.47. The van der Waals surface area contributed by atoms with Crippen LogP contribution in [-0.4, -0.2) is 11.1 Å². The second kappa shape index (κ2) is 5.09. The lowest BCUT2D eigenvalue weighted by atomic mass is 10.0. The van der Waals surface area contributed by atoms with Gasteiger partial charge in [0.1, 0.15) is 5.75 Å². The van der Waals surface area contributed by atoms with Crippen LogP contribution in [-0.2, 0) is 0 Å². The molecule has 3 N–H and O–H groups in total. The summed E-state index contributed by atoms with van der Waals surface area (Å²) in [6.45, 7) is 0. The normalized spacial score (nSPS) is 17.9. The number of benzene rings is 2. The molecular formula is C16H14N2O2. The van der Waals surface area contributed by atoms with Crippen molar-refractivity contribution >= 4 is 11.7 Å². The monoisotopic (exact) mass is 266 g/mol. The zero-order chi connectivity index (χ0) is 13.9. The molecule has 0 radical (unpaired) electrons. The van der Waals surface area contributed by atoms with Crippen molar-refractivity contribution in [2.24, 2.45) is 0 Å². The lowest BCUT2D eigenvalue weighted by Crippen LogP contribution is -2.40. The third kappa shape index (κ3) is 2.49. The second-order valence-corrected chi connectivity index (χ2v) is 4.62. The third-order valence-corrected chi connectivity index (χ3v) is 3.18. The van der Waals surface area contributed by atoms with Crippen LogP contribution in [0.15, 0.2) is 60.7 Å².